The molecule has 0 saturated carbocycles. The lowest BCUT2D eigenvalue weighted by Crippen LogP contribution is -2.60. The van der Waals surface area contributed by atoms with Crippen LogP contribution in [0.3, 0.4) is 0 Å². The van der Waals surface area contributed by atoms with Gasteiger partial charge in [0.1, 0.15) is 17.7 Å². The third-order valence-corrected chi connectivity index (χ3v) is 10.2. The van der Waals surface area contributed by atoms with Crippen LogP contribution in [0, 0.1) is 11.8 Å². The van der Waals surface area contributed by atoms with Gasteiger partial charge in [0.25, 0.3) is 0 Å². The molecule has 1 aromatic carbocycles. The van der Waals surface area contributed by atoms with Crippen LogP contribution in [0.25, 0.3) is 0 Å². The number of carbonyl (C=O) groups is 4. The number of nitrogens with one attached hydrogen (secondary N) is 1. The van der Waals surface area contributed by atoms with Gasteiger partial charge in [-0.05, 0) is 44.6 Å². The van der Waals surface area contributed by atoms with Crippen molar-refractivity contribution in [3.63, 3.8) is 0 Å². The number of esters is 1. The van der Waals surface area contributed by atoms with E-state index in [4.69, 9.17) is 14.2 Å². The van der Waals surface area contributed by atoms with E-state index in [1.165, 1.54) is 12.0 Å². The molecule has 264 valence electrons. The number of nitrogens with zero attached hydrogens (tertiary/aromatic N) is 2. The van der Waals surface area contributed by atoms with E-state index in [1.807, 2.05) is 44.2 Å². The van der Waals surface area contributed by atoms with E-state index >= 15 is 0 Å². The predicted molar refractivity (Wildman–Crippen MR) is 180 cm³/mol. The number of fused-ring (bicyclic) bond motifs is 1. The van der Waals surface area contributed by atoms with Crippen LogP contribution in [0.5, 0.6) is 0 Å². The third kappa shape index (κ3) is 7.23. The van der Waals surface area contributed by atoms with Gasteiger partial charge in [0.15, 0.2) is 0 Å². The summed E-state index contributed by atoms with van der Waals surface area (Å²) >= 11 is 0. The number of amides is 3. The number of rotatable bonds is 19. The van der Waals surface area contributed by atoms with Crippen molar-refractivity contribution in [2.75, 3.05) is 26.9 Å². The molecule has 3 aliphatic rings. The zero-order valence-corrected chi connectivity index (χ0v) is 28.8. The van der Waals surface area contributed by atoms with Crippen LogP contribution >= 0.6 is 0 Å². The first-order valence-corrected chi connectivity index (χ1v) is 17.3. The topological polar surface area (TPSA) is 135 Å². The monoisotopic (exact) mass is 667 g/mol. The van der Waals surface area contributed by atoms with Crippen LogP contribution in [0.1, 0.15) is 77.4 Å². The van der Waals surface area contributed by atoms with Crippen molar-refractivity contribution in [2.45, 2.75) is 108 Å². The van der Waals surface area contributed by atoms with Crippen molar-refractivity contribution < 1.29 is 38.5 Å². The van der Waals surface area contributed by atoms with Crippen LogP contribution in [0.4, 0.5) is 0 Å². The fourth-order valence-electron chi connectivity index (χ4n) is 7.93. The molecule has 11 heteroatoms. The summed E-state index contributed by atoms with van der Waals surface area (Å²) in [5.74, 6) is -3.47. The number of hydrogen-bond acceptors (Lipinski definition) is 8. The van der Waals surface area contributed by atoms with E-state index in [0.29, 0.717) is 37.8 Å². The minimum Gasteiger partial charge on any atom is -0.455 e. The lowest BCUT2D eigenvalue weighted by Gasteiger charge is -2.40. The second kappa shape index (κ2) is 16.7. The molecule has 1 aromatic rings. The maximum Gasteiger partial charge on any atom is 0.313 e. The van der Waals surface area contributed by atoms with Crippen LogP contribution in [-0.2, 0) is 33.4 Å². The zero-order valence-electron chi connectivity index (χ0n) is 28.8. The summed E-state index contributed by atoms with van der Waals surface area (Å²) in [7, 11) is 1.51. The normalized spacial score (nSPS) is 26.7. The van der Waals surface area contributed by atoms with Gasteiger partial charge in [-0.1, -0.05) is 62.8 Å². The predicted octanol–water partition coefficient (Wildman–Crippen LogP) is 3.72. The Morgan fingerprint density at radius 2 is 1.94 bits per heavy atom. The van der Waals surface area contributed by atoms with Gasteiger partial charge >= 0.3 is 5.97 Å². The molecule has 3 aliphatic heterocycles. The summed E-state index contributed by atoms with van der Waals surface area (Å²) in [6.07, 6.45) is 5.42. The number of aliphatic hydroxyl groups excluding tert-OH is 1. The molecule has 3 saturated heterocycles. The van der Waals surface area contributed by atoms with Gasteiger partial charge in [-0.15, -0.1) is 13.2 Å². The van der Waals surface area contributed by atoms with Gasteiger partial charge < -0.3 is 34.4 Å². The SMILES string of the molecule is C=CCCC(=O)N[C@H](COC)[C@H](OC(=O)[C@@H]1[C@H]2C(=O)N([C@@H](CC)CO)[C@H](C(=O)N(CC=C)C(C)CCC)[C@]23CC[C@H]1O3)c1ccccc1. The largest absolute Gasteiger partial charge is 0.455 e. The highest BCUT2D eigenvalue weighted by atomic mass is 16.6. The van der Waals surface area contributed by atoms with E-state index in [0.717, 1.165) is 12.8 Å². The summed E-state index contributed by atoms with van der Waals surface area (Å²) in [5, 5.41) is 13.4. The zero-order chi connectivity index (χ0) is 35.0. The molecule has 3 heterocycles. The van der Waals surface area contributed by atoms with Crippen LogP contribution in [0.15, 0.2) is 55.6 Å². The Hall–Kier alpha value is -3.54. The quantitative estimate of drug-likeness (QED) is 0.169. The fraction of sp³-hybridized carbons (Fsp3) is 0.622. The lowest BCUT2D eigenvalue weighted by atomic mass is 9.70. The van der Waals surface area contributed by atoms with Crippen LogP contribution < -0.4 is 5.32 Å². The van der Waals surface area contributed by atoms with E-state index in [9.17, 15) is 24.3 Å². The molecule has 0 aliphatic carbocycles. The van der Waals surface area contributed by atoms with Crippen molar-refractivity contribution in [2.24, 2.45) is 11.8 Å². The number of likely N-dealkylation sites (tertiary alicyclic amines) is 1. The number of ether oxygens (including phenoxy) is 3. The Morgan fingerprint density at radius 1 is 1.21 bits per heavy atom. The molecule has 4 rings (SSSR count). The third-order valence-electron chi connectivity index (χ3n) is 10.2. The van der Waals surface area contributed by atoms with Crippen molar-refractivity contribution >= 4 is 23.7 Å². The molecule has 11 nitrogen and oxygen atoms in total. The van der Waals surface area contributed by atoms with Crippen molar-refractivity contribution in [3.8, 4) is 0 Å². The smallest absolute Gasteiger partial charge is 0.313 e. The second-order valence-corrected chi connectivity index (χ2v) is 13.2. The fourth-order valence-corrected chi connectivity index (χ4v) is 7.93. The highest BCUT2D eigenvalue weighted by molar-refractivity contribution is 5.98. The minimum atomic E-state index is -1.25. The van der Waals surface area contributed by atoms with Crippen LogP contribution in [0.2, 0.25) is 0 Å². The number of hydrogen-bond donors (Lipinski definition) is 2. The Kier molecular flexibility index (Phi) is 13.0. The number of methoxy groups -OCH3 is 1. The Morgan fingerprint density at radius 3 is 2.54 bits per heavy atom. The van der Waals surface area contributed by atoms with Gasteiger partial charge in [-0.2, -0.15) is 0 Å². The van der Waals surface area contributed by atoms with Crippen molar-refractivity contribution in [3.05, 3.63) is 61.2 Å². The highest BCUT2D eigenvalue weighted by Gasteiger charge is 2.75. The summed E-state index contributed by atoms with van der Waals surface area (Å²) in [5.41, 5.74) is -0.594. The van der Waals surface area contributed by atoms with Crippen molar-refractivity contribution in [1.29, 1.82) is 0 Å². The molecule has 2 bridgehead atoms. The Balaban J connectivity index is 1.72. The molecule has 1 unspecified atom stereocenters. The minimum absolute atomic E-state index is 0.0671. The molecule has 2 N–H and O–H groups in total. The van der Waals surface area contributed by atoms with Crippen molar-refractivity contribution in [1.82, 2.24) is 15.1 Å². The highest BCUT2D eigenvalue weighted by Crippen LogP contribution is 2.59. The van der Waals surface area contributed by atoms with E-state index in [1.54, 1.807) is 17.1 Å². The molecule has 0 radical (unpaired) electrons. The second-order valence-electron chi connectivity index (χ2n) is 13.2. The van der Waals surface area contributed by atoms with E-state index in [2.05, 4.69) is 25.4 Å². The first kappa shape index (κ1) is 37.3. The first-order valence-electron chi connectivity index (χ1n) is 17.3. The molecule has 9 atom stereocenters. The van der Waals surface area contributed by atoms with E-state index < -0.39 is 53.7 Å². The molecule has 3 amide bonds. The molecule has 48 heavy (non-hydrogen) atoms. The molecule has 3 fully saturated rings. The number of aliphatic hydroxyl groups is 1. The first-order chi connectivity index (χ1) is 23.1. The molecular weight excluding hydrogens is 614 g/mol. The average Bonchev–Trinajstić information content (AvgIpc) is 3.73. The number of allylic oxidation sites excluding steroid dienone is 1. The van der Waals surface area contributed by atoms with Gasteiger partial charge in [-0.3, -0.25) is 19.2 Å². The summed E-state index contributed by atoms with van der Waals surface area (Å²) in [6.45, 7) is 13.5. The van der Waals surface area contributed by atoms with Gasteiger partial charge in [0.2, 0.25) is 17.7 Å². The summed E-state index contributed by atoms with van der Waals surface area (Å²) < 4.78 is 18.4. The van der Waals surface area contributed by atoms with Crippen LogP contribution in [-0.4, -0.2) is 101 Å². The summed E-state index contributed by atoms with van der Waals surface area (Å²) in [6, 6.07) is 6.62. The van der Waals surface area contributed by atoms with Gasteiger partial charge in [0.05, 0.1) is 43.2 Å². The Labute approximate surface area is 284 Å². The molecule has 0 aromatic heterocycles. The number of benzene rings is 1. The van der Waals surface area contributed by atoms with Gasteiger partial charge in [-0.25, -0.2) is 0 Å². The maximum atomic E-state index is 14.6. The molecular formula is C37H53N3O8. The standard InChI is InChI=1S/C37H53N3O8/c1-7-11-18-29(42)38-27(23-46-6)32(25-16-13-12-14-17-25)47-36(45)30-28-19-20-37(48-28)31(30)34(43)40(26(10-4)22-41)33(37)35(44)39(21-9-3)24(5)15-8-2/h7,9,12-14,16-17,24,26-28,30-33,41H,1,3,8,10-11,15,18-23H2,2,4-6H3,(H,38,42)/t24?,26-,27+,28+,30-,31-,32+,33+,37-/m0/s1. The maximum absolute atomic E-state index is 14.6. The average molecular weight is 668 g/mol. The molecule has 1 spiro atoms. The van der Waals surface area contributed by atoms with Gasteiger partial charge in [0, 0.05) is 26.1 Å². The van der Waals surface area contributed by atoms with E-state index in [-0.39, 0.29) is 43.4 Å². The lowest BCUT2D eigenvalue weighted by molar-refractivity contribution is -0.163. The Bertz CT molecular complexity index is 1300. The summed E-state index contributed by atoms with van der Waals surface area (Å²) in [4.78, 5) is 59.6. The number of carbonyl (C=O) groups excluding carboxylic acids is 4.